The van der Waals surface area contributed by atoms with Crippen molar-refractivity contribution in [3.05, 3.63) is 35.9 Å². The average Bonchev–Trinajstić information content (AvgIpc) is 2.74. The summed E-state index contributed by atoms with van der Waals surface area (Å²) in [4.78, 5) is 48.2. The number of nitrogens with one attached hydrogen (secondary N) is 3. The SMILES string of the molecule is CSCCC(NC(=O)C(N)C(C)O)C(=O)NCC(=O)NC(Cc1ccccc1)C(=O)O. The quantitative estimate of drug-likeness (QED) is 0.217. The number of aliphatic hydroxyl groups excluding tert-OH is 1. The van der Waals surface area contributed by atoms with Crippen LogP contribution in [0.25, 0.3) is 0 Å². The van der Waals surface area contributed by atoms with Gasteiger partial charge in [0.05, 0.1) is 12.6 Å². The monoisotopic (exact) mass is 454 g/mol. The number of rotatable bonds is 13. The molecule has 1 rings (SSSR count). The molecule has 0 aliphatic carbocycles. The molecule has 0 fully saturated rings. The highest BCUT2D eigenvalue weighted by Crippen LogP contribution is 2.04. The fraction of sp³-hybridized carbons (Fsp3) is 0.500. The summed E-state index contributed by atoms with van der Waals surface area (Å²) in [5.41, 5.74) is 6.33. The summed E-state index contributed by atoms with van der Waals surface area (Å²) in [6, 6.07) is 5.54. The molecule has 0 spiro atoms. The minimum Gasteiger partial charge on any atom is -0.480 e. The maximum atomic E-state index is 12.5. The van der Waals surface area contributed by atoms with Crippen molar-refractivity contribution in [3.8, 4) is 0 Å². The number of thioether (sulfide) groups is 1. The van der Waals surface area contributed by atoms with Crippen LogP contribution in [0.3, 0.4) is 0 Å². The van der Waals surface area contributed by atoms with Gasteiger partial charge >= 0.3 is 5.97 Å². The molecule has 31 heavy (non-hydrogen) atoms. The lowest BCUT2D eigenvalue weighted by molar-refractivity contribution is -0.141. The second-order valence-electron chi connectivity index (χ2n) is 6.97. The fourth-order valence-corrected chi connectivity index (χ4v) is 3.05. The Morgan fingerprint density at radius 1 is 1.06 bits per heavy atom. The zero-order valence-corrected chi connectivity index (χ0v) is 18.4. The first-order valence-corrected chi connectivity index (χ1v) is 11.1. The number of aliphatic hydroxyl groups is 1. The molecule has 1 aromatic rings. The zero-order valence-electron chi connectivity index (χ0n) is 17.5. The van der Waals surface area contributed by atoms with Gasteiger partial charge in [0.2, 0.25) is 17.7 Å². The van der Waals surface area contributed by atoms with Gasteiger partial charge in [-0.25, -0.2) is 4.79 Å². The van der Waals surface area contributed by atoms with E-state index in [0.29, 0.717) is 12.2 Å². The van der Waals surface area contributed by atoms with Crippen LogP contribution in [0.15, 0.2) is 30.3 Å². The van der Waals surface area contributed by atoms with E-state index >= 15 is 0 Å². The van der Waals surface area contributed by atoms with Crippen LogP contribution in [0.5, 0.6) is 0 Å². The van der Waals surface area contributed by atoms with Crippen molar-refractivity contribution in [1.82, 2.24) is 16.0 Å². The predicted octanol–water partition coefficient (Wildman–Crippen LogP) is -1.14. The highest BCUT2D eigenvalue weighted by atomic mass is 32.2. The van der Waals surface area contributed by atoms with Gasteiger partial charge in [0, 0.05) is 6.42 Å². The predicted molar refractivity (Wildman–Crippen MR) is 117 cm³/mol. The van der Waals surface area contributed by atoms with Crippen LogP contribution < -0.4 is 21.7 Å². The molecule has 4 atom stereocenters. The highest BCUT2D eigenvalue weighted by molar-refractivity contribution is 7.98. The van der Waals surface area contributed by atoms with Crippen LogP contribution in [0.2, 0.25) is 0 Å². The molecule has 0 aliphatic rings. The van der Waals surface area contributed by atoms with Crippen molar-refractivity contribution in [2.24, 2.45) is 5.73 Å². The van der Waals surface area contributed by atoms with Gasteiger partial charge in [0.1, 0.15) is 18.1 Å². The van der Waals surface area contributed by atoms with E-state index < -0.39 is 54.5 Å². The molecule has 10 nitrogen and oxygen atoms in total. The van der Waals surface area contributed by atoms with E-state index in [2.05, 4.69) is 16.0 Å². The molecule has 0 heterocycles. The lowest BCUT2D eigenvalue weighted by Crippen LogP contribution is -2.55. The topological polar surface area (TPSA) is 171 Å². The van der Waals surface area contributed by atoms with E-state index in [-0.39, 0.29) is 6.42 Å². The number of carboxylic acids is 1. The third kappa shape index (κ3) is 9.81. The number of benzene rings is 1. The Hall–Kier alpha value is -2.63. The molecule has 11 heteroatoms. The Balaban J connectivity index is 2.64. The maximum Gasteiger partial charge on any atom is 0.326 e. The summed E-state index contributed by atoms with van der Waals surface area (Å²) >= 11 is 1.47. The molecule has 0 aromatic heterocycles. The van der Waals surface area contributed by atoms with Gasteiger partial charge in [-0.05, 0) is 30.9 Å². The van der Waals surface area contributed by atoms with E-state index in [1.165, 1.54) is 18.7 Å². The number of hydrogen-bond acceptors (Lipinski definition) is 7. The third-order valence-corrected chi connectivity index (χ3v) is 5.05. The molecule has 7 N–H and O–H groups in total. The Kier molecular flexibility index (Phi) is 11.6. The molecular weight excluding hydrogens is 424 g/mol. The van der Waals surface area contributed by atoms with E-state index in [4.69, 9.17) is 5.73 Å². The standard InChI is InChI=1S/C20H30N4O6S/c1-12(25)17(21)19(28)24-14(8-9-31-2)18(27)22-11-16(26)23-15(20(29)30)10-13-6-4-3-5-7-13/h3-7,12,14-15,17,25H,8-11,21H2,1-2H3,(H,22,27)(H,23,26)(H,24,28)(H,29,30). The highest BCUT2D eigenvalue weighted by Gasteiger charge is 2.26. The van der Waals surface area contributed by atoms with Gasteiger partial charge in [-0.1, -0.05) is 30.3 Å². The van der Waals surface area contributed by atoms with E-state index in [0.717, 1.165) is 5.56 Å². The van der Waals surface area contributed by atoms with Gasteiger partial charge in [0.15, 0.2) is 0 Å². The van der Waals surface area contributed by atoms with Crippen molar-refractivity contribution in [2.75, 3.05) is 18.6 Å². The van der Waals surface area contributed by atoms with Crippen LogP contribution in [0, 0.1) is 0 Å². The summed E-state index contributed by atoms with van der Waals surface area (Å²) in [6.45, 7) is 0.908. The number of carbonyl (C=O) groups excluding carboxylic acids is 3. The van der Waals surface area contributed by atoms with Crippen LogP contribution in [0.1, 0.15) is 18.9 Å². The summed E-state index contributed by atoms with van der Waals surface area (Å²) in [5, 5.41) is 26.0. The smallest absolute Gasteiger partial charge is 0.326 e. The summed E-state index contributed by atoms with van der Waals surface area (Å²) in [7, 11) is 0. The molecule has 0 saturated carbocycles. The number of aliphatic carboxylic acids is 1. The summed E-state index contributed by atoms with van der Waals surface area (Å²) in [5.74, 6) is -2.60. The molecule has 0 bridgehead atoms. The van der Waals surface area contributed by atoms with E-state index in [9.17, 15) is 29.4 Å². The molecule has 172 valence electrons. The van der Waals surface area contributed by atoms with Gasteiger partial charge in [-0.15, -0.1) is 0 Å². The summed E-state index contributed by atoms with van der Waals surface area (Å²) in [6.07, 6.45) is 1.13. The first kappa shape index (κ1) is 26.4. The van der Waals surface area contributed by atoms with Crippen molar-refractivity contribution in [3.63, 3.8) is 0 Å². The van der Waals surface area contributed by atoms with Gasteiger partial charge in [-0.3, -0.25) is 14.4 Å². The van der Waals surface area contributed by atoms with E-state index in [1.54, 1.807) is 30.3 Å². The number of hydrogen-bond donors (Lipinski definition) is 6. The van der Waals surface area contributed by atoms with Crippen molar-refractivity contribution in [2.45, 2.75) is 44.0 Å². The normalized spacial score (nSPS) is 14.6. The number of carboxylic acid groups (broad SMARTS) is 1. The van der Waals surface area contributed by atoms with Crippen LogP contribution in [-0.2, 0) is 25.6 Å². The second kappa shape index (κ2) is 13.6. The molecular formula is C20H30N4O6S. The lowest BCUT2D eigenvalue weighted by Gasteiger charge is -2.21. The minimum atomic E-state index is -1.19. The molecule has 0 saturated heterocycles. The maximum absolute atomic E-state index is 12.5. The van der Waals surface area contributed by atoms with Gasteiger partial charge in [-0.2, -0.15) is 11.8 Å². The third-order valence-electron chi connectivity index (χ3n) is 4.41. The first-order chi connectivity index (χ1) is 14.6. The molecule has 1 aromatic carbocycles. The van der Waals surface area contributed by atoms with Gasteiger partial charge < -0.3 is 31.9 Å². The summed E-state index contributed by atoms with van der Waals surface area (Å²) < 4.78 is 0. The van der Waals surface area contributed by atoms with Gasteiger partial charge in [0.25, 0.3) is 0 Å². The largest absolute Gasteiger partial charge is 0.480 e. The lowest BCUT2D eigenvalue weighted by atomic mass is 10.1. The van der Waals surface area contributed by atoms with Crippen LogP contribution >= 0.6 is 11.8 Å². The zero-order chi connectivity index (χ0) is 23.4. The Morgan fingerprint density at radius 3 is 2.26 bits per heavy atom. The molecule has 0 radical (unpaired) electrons. The second-order valence-corrected chi connectivity index (χ2v) is 7.96. The Labute approximate surface area is 185 Å². The van der Waals surface area contributed by atoms with Crippen LogP contribution in [-0.4, -0.2) is 76.7 Å². The van der Waals surface area contributed by atoms with E-state index in [1.807, 2.05) is 6.26 Å². The number of nitrogens with two attached hydrogens (primary N) is 1. The number of carbonyl (C=O) groups is 4. The van der Waals surface area contributed by atoms with Crippen LogP contribution in [0.4, 0.5) is 0 Å². The van der Waals surface area contributed by atoms with Crippen molar-refractivity contribution < 1.29 is 29.4 Å². The fourth-order valence-electron chi connectivity index (χ4n) is 2.58. The first-order valence-electron chi connectivity index (χ1n) is 9.72. The minimum absolute atomic E-state index is 0.0967. The van der Waals surface area contributed by atoms with Crippen molar-refractivity contribution in [1.29, 1.82) is 0 Å². The Morgan fingerprint density at radius 2 is 1.71 bits per heavy atom. The molecule has 0 aliphatic heterocycles. The number of amides is 3. The molecule has 4 unspecified atom stereocenters. The molecule has 3 amide bonds. The van der Waals surface area contributed by atoms with Crippen molar-refractivity contribution >= 4 is 35.5 Å². The Bertz CT molecular complexity index is 746. The average molecular weight is 455 g/mol.